The van der Waals surface area contributed by atoms with Crippen LogP contribution in [0.3, 0.4) is 0 Å². The third-order valence-corrected chi connectivity index (χ3v) is 4.34. The molecule has 1 fully saturated rings. The van der Waals surface area contributed by atoms with E-state index < -0.39 is 0 Å². The highest BCUT2D eigenvalue weighted by molar-refractivity contribution is 14.1. The lowest BCUT2D eigenvalue weighted by atomic mass is 9.81. The molecule has 17 heavy (non-hydrogen) atoms. The quantitative estimate of drug-likeness (QED) is 0.807. The van der Waals surface area contributed by atoms with Gasteiger partial charge in [-0.2, -0.15) is 0 Å². The highest BCUT2D eigenvalue weighted by Crippen LogP contribution is 2.43. The smallest absolute Gasteiger partial charge is 0.228 e. The predicted octanol–water partition coefficient (Wildman–Crippen LogP) is 4.06. The van der Waals surface area contributed by atoms with Gasteiger partial charge in [-0.1, -0.05) is 26.3 Å². The lowest BCUT2D eigenvalue weighted by Gasteiger charge is -2.25. The van der Waals surface area contributed by atoms with Gasteiger partial charge in [0, 0.05) is 15.2 Å². The lowest BCUT2D eigenvalue weighted by Crippen LogP contribution is -2.30. The molecule has 1 aromatic carbocycles. The average molecular weight is 343 g/mol. The van der Waals surface area contributed by atoms with Gasteiger partial charge in [-0.05, 0) is 59.0 Å². The minimum Gasteiger partial charge on any atom is -0.326 e. The van der Waals surface area contributed by atoms with E-state index in [1.807, 2.05) is 24.3 Å². The first kappa shape index (κ1) is 12.9. The van der Waals surface area contributed by atoms with Crippen molar-refractivity contribution in [3.8, 4) is 0 Å². The normalized spacial score (nSPS) is 22.4. The summed E-state index contributed by atoms with van der Waals surface area (Å²) in [5.41, 5.74) is 1.05. The SMILES string of the molecule is CC1(C)CCCC1C(=O)Nc1cccc(I)c1. The van der Waals surface area contributed by atoms with Gasteiger partial charge in [0.15, 0.2) is 0 Å². The fourth-order valence-corrected chi connectivity index (χ4v) is 3.15. The maximum atomic E-state index is 12.2. The van der Waals surface area contributed by atoms with Gasteiger partial charge >= 0.3 is 0 Å². The first-order valence-corrected chi connectivity index (χ1v) is 7.13. The minimum atomic E-state index is 0.145. The monoisotopic (exact) mass is 343 g/mol. The zero-order chi connectivity index (χ0) is 12.5. The van der Waals surface area contributed by atoms with Crippen LogP contribution >= 0.6 is 22.6 Å². The fourth-order valence-electron chi connectivity index (χ4n) is 2.61. The van der Waals surface area contributed by atoms with E-state index in [-0.39, 0.29) is 17.2 Å². The molecule has 1 aliphatic rings. The number of hydrogen-bond acceptors (Lipinski definition) is 1. The first-order valence-electron chi connectivity index (χ1n) is 6.05. The average Bonchev–Trinajstić information content (AvgIpc) is 2.58. The summed E-state index contributed by atoms with van der Waals surface area (Å²) in [5.74, 6) is 0.329. The van der Waals surface area contributed by atoms with Crippen molar-refractivity contribution in [3.05, 3.63) is 27.8 Å². The maximum absolute atomic E-state index is 12.2. The molecule has 1 amide bonds. The molecule has 0 radical (unpaired) electrons. The summed E-state index contributed by atoms with van der Waals surface area (Å²) in [7, 11) is 0. The zero-order valence-electron chi connectivity index (χ0n) is 10.3. The Morgan fingerprint density at radius 1 is 1.47 bits per heavy atom. The molecule has 2 nitrogen and oxygen atoms in total. The maximum Gasteiger partial charge on any atom is 0.228 e. The molecule has 0 bridgehead atoms. The molecule has 92 valence electrons. The lowest BCUT2D eigenvalue weighted by molar-refractivity contribution is -0.122. The van der Waals surface area contributed by atoms with Crippen LogP contribution in [0.2, 0.25) is 0 Å². The Kier molecular flexibility index (Phi) is 3.76. The van der Waals surface area contributed by atoms with E-state index in [4.69, 9.17) is 0 Å². The van der Waals surface area contributed by atoms with Crippen molar-refractivity contribution in [1.82, 2.24) is 0 Å². The molecule has 1 N–H and O–H groups in total. The molecule has 0 aromatic heterocycles. The van der Waals surface area contributed by atoms with Crippen LogP contribution in [0.1, 0.15) is 33.1 Å². The molecular formula is C14H18INO. The van der Waals surface area contributed by atoms with Crippen LogP contribution in [0.25, 0.3) is 0 Å². The largest absolute Gasteiger partial charge is 0.326 e. The molecule has 3 heteroatoms. The highest BCUT2D eigenvalue weighted by Gasteiger charge is 2.39. The molecule has 1 unspecified atom stereocenters. The standard InChI is InChI=1S/C14H18INO/c1-14(2)8-4-7-12(14)13(17)16-11-6-3-5-10(15)9-11/h3,5-6,9,12H,4,7-8H2,1-2H3,(H,16,17). The van der Waals surface area contributed by atoms with Crippen LogP contribution in [-0.2, 0) is 4.79 Å². The summed E-state index contributed by atoms with van der Waals surface area (Å²) in [6, 6.07) is 7.94. The number of anilines is 1. The Bertz CT molecular complexity index is 428. The third kappa shape index (κ3) is 3.00. The molecule has 1 saturated carbocycles. The van der Waals surface area contributed by atoms with Gasteiger partial charge in [-0.3, -0.25) is 4.79 Å². The number of carbonyl (C=O) groups excluding carboxylic acids is 1. The molecule has 2 rings (SSSR count). The van der Waals surface area contributed by atoms with Crippen LogP contribution < -0.4 is 5.32 Å². The van der Waals surface area contributed by atoms with Gasteiger partial charge < -0.3 is 5.32 Å². The van der Waals surface area contributed by atoms with Crippen molar-refractivity contribution < 1.29 is 4.79 Å². The number of halogens is 1. The van der Waals surface area contributed by atoms with Crippen molar-refractivity contribution in [1.29, 1.82) is 0 Å². The topological polar surface area (TPSA) is 29.1 Å². The van der Waals surface area contributed by atoms with Crippen molar-refractivity contribution in [2.24, 2.45) is 11.3 Å². The van der Waals surface area contributed by atoms with Gasteiger partial charge in [0.25, 0.3) is 0 Å². The number of amides is 1. The summed E-state index contributed by atoms with van der Waals surface area (Å²) >= 11 is 2.26. The van der Waals surface area contributed by atoms with Gasteiger partial charge in [0.2, 0.25) is 5.91 Å². The van der Waals surface area contributed by atoms with E-state index in [0.29, 0.717) is 0 Å². The summed E-state index contributed by atoms with van der Waals surface area (Å²) in [5, 5.41) is 3.04. The van der Waals surface area contributed by atoms with Gasteiger partial charge in [0.05, 0.1) is 0 Å². The highest BCUT2D eigenvalue weighted by atomic mass is 127. The van der Waals surface area contributed by atoms with E-state index in [1.54, 1.807) is 0 Å². The van der Waals surface area contributed by atoms with Crippen LogP contribution in [-0.4, -0.2) is 5.91 Å². The summed E-state index contributed by atoms with van der Waals surface area (Å²) in [4.78, 5) is 12.2. The van der Waals surface area contributed by atoms with Crippen molar-refractivity contribution in [2.45, 2.75) is 33.1 Å². The number of carbonyl (C=O) groups is 1. The van der Waals surface area contributed by atoms with E-state index in [2.05, 4.69) is 41.8 Å². The van der Waals surface area contributed by atoms with E-state index >= 15 is 0 Å². The Hall–Kier alpha value is -0.580. The Balaban J connectivity index is 2.07. The second-order valence-electron chi connectivity index (χ2n) is 5.43. The Morgan fingerprint density at radius 2 is 2.24 bits per heavy atom. The van der Waals surface area contributed by atoms with Crippen molar-refractivity contribution in [3.63, 3.8) is 0 Å². The van der Waals surface area contributed by atoms with Crippen LogP contribution in [0.4, 0.5) is 5.69 Å². The molecule has 1 aliphatic carbocycles. The van der Waals surface area contributed by atoms with Gasteiger partial charge in [-0.25, -0.2) is 0 Å². The van der Waals surface area contributed by atoms with Crippen LogP contribution in [0, 0.1) is 14.9 Å². The molecule has 1 aromatic rings. The number of nitrogens with one attached hydrogen (secondary N) is 1. The van der Waals surface area contributed by atoms with Gasteiger partial charge in [-0.15, -0.1) is 0 Å². The third-order valence-electron chi connectivity index (χ3n) is 3.67. The number of benzene rings is 1. The fraction of sp³-hybridized carbons (Fsp3) is 0.500. The first-order chi connectivity index (χ1) is 7.99. The molecule has 0 heterocycles. The van der Waals surface area contributed by atoms with E-state index in [1.165, 1.54) is 0 Å². The van der Waals surface area contributed by atoms with Crippen LogP contribution in [0.5, 0.6) is 0 Å². The van der Waals surface area contributed by atoms with Crippen molar-refractivity contribution in [2.75, 3.05) is 5.32 Å². The molecule has 0 spiro atoms. The predicted molar refractivity (Wildman–Crippen MR) is 78.9 cm³/mol. The molecule has 0 saturated heterocycles. The molecule has 1 atom stereocenters. The minimum absolute atomic E-state index is 0.145. The molecular weight excluding hydrogens is 325 g/mol. The van der Waals surface area contributed by atoms with Crippen LogP contribution in [0.15, 0.2) is 24.3 Å². The van der Waals surface area contributed by atoms with E-state index in [0.717, 1.165) is 28.5 Å². The summed E-state index contributed by atoms with van der Waals surface area (Å²) in [6.07, 6.45) is 3.33. The number of hydrogen-bond donors (Lipinski definition) is 1. The second-order valence-corrected chi connectivity index (χ2v) is 6.68. The Morgan fingerprint density at radius 3 is 2.82 bits per heavy atom. The van der Waals surface area contributed by atoms with Crippen molar-refractivity contribution >= 4 is 34.2 Å². The summed E-state index contributed by atoms with van der Waals surface area (Å²) < 4.78 is 1.14. The summed E-state index contributed by atoms with van der Waals surface area (Å²) in [6.45, 7) is 4.39. The Labute approximate surface area is 116 Å². The second kappa shape index (κ2) is 4.96. The van der Waals surface area contributed by atoms with E-state index in [9.17, 15) is 4.79 Å². The zero-order valence-corrected chi connectivity index (χ0v) is 12.5. The molecule has 0 aliphatic heterocycles. The number of rotatable bonds is 2. The van der Waals surface area contributed by atoms with Gasteiger partial charge in [0.1, 0.15) is 0 Å².